The Bertz CT molecular complexity index is 363. The summed E-state index contributed by atoms with van der Waals surface area (Å²) in [5.41, 5.74) is 0. The molecule has 0 aliphatic carbocycles. The number of hydrogen-bond acceptors (Lipinski definition) is 3. The van der Waals surface area contributed by atoms with E-state index in [1.165, 1.54) is 12.8 Å². The third-order valence-corrected chi connectivity index (χ3v) is 4.88. The van der Waals surface area contributed by atoms with Crippen molar-refractivity contribution >= 4 is 11.8 Å². The third kappa shape index (κ3) is 3.14. The molecule has 1 N–H and O–H groups in total. The summed E-state index contributed by atoms with van der Waals surface area (Å²) in [6.07, 6.45) is 5.52. The average Bonchev–Trinajstić information content (AvgIpc) is 2.68. The number of carbonyl (C=O) groups is 2. The molecule has 4 saturated heterocycles. The van der Waals surface area contributed by atoms with Gasteiger partial charge in [-0.1, -0.05) is 0 Å². The molecule has 4 fully saturated rings. The normalized spacial score (nSPS) is 29.9. The minimum Gasteiger partial charge on any atom is -0.343 e. The molecule has 2 atom stereocenters. The lowest BCUT2D eigenvalue weighted by molar-refractivity contribution is -0.132. The minimum atomic E-state index is 0.259. The molecule has 0 radical (unpaired) electrons. The number of amides is 2. The Balaban J connectivity index is 1.43. The largest absolute Gasteiger partial charge is 0.343 e. The number of nitrogens with one attached hydrogen (secondary N) is 1. The Morgan fingerprint density at radius 1 is 1.30 bits per heavy atom. The highest BCUT2D eigenvalue weighted by molar-refractivity contribution is 5.78. The van der Waals surface area contributed by atoms with Gasteiger partial charge in [-0.2, -0.15) is 0 Å². The van der Waals surface area contributed by atoms with Crippen LogP contribution in [0.3, 0.4) is 0 Å². The summed E-state index contributed by atoms with van der Waals surface area (Å²) in [6, 6.07) is 0.498. The van der Waals surface area contributed by atoms with E-state index < -0.39 is 0 Å². The molecule has 20 heavy (non-hydrogen) atoms. The fourth-order valence-corrected chi connectivity index (χ4v) is 3.66. The molecular formula is C15H25N3O2. The second kappa shape index (κ2) is 6.12. The zero-order chi connectivity index (χ0) is 13.9. The maximum atomic E-state index is 12.3. The van der Waals surface area contributed by atoms with Crippen molar-refractivity contribution in [2.24, 2.45) is 5.92 Å². The van der Waals surface area contributed by atoms with E-state index in [1.54, 1.807) is 0 Å². The van der Waals surface area contributed by atoms with Crippen LogP contribution in [0.5, 0.6) is 0 Å². The van der Waals surface area contributed by atoms with Gasteiger partial charge in [-0.15, -0.1) is 0 Å². The van der Waals surface area contributed by atoms with Crippen molar-refractivity contribution in [3.63, 3.8) is 0 Å². The molecule has 2 bridgehead atoms. The molecule has 0 aromatic rings. The zero-order valence-corrected chi connectivity index (χ0v) is 12.1. The van der Waals surface area contributed by atoms with E-state index in [9.17, 15) is 9.59 Å². The number of nitrogens with zero attached hydrogens (tertiary/aromatic N) is 2. The SMILES string of the molecule is O=C1CCCN1CCCC(=O)N1C[C@H]2CC[C@@H](C1)NC2. The maximum absolute atomic E-state index is 12.3. The summed E-state index contributed by atoms with van der Waals surface area (Å²) in [5.74, 6) is 1.17. The van der Waals surface area contributed by atoms with Crippen LogP contribution in [-0.4, -0.2) is 60.4 Å². The highest BCUT2D eigenvalue weighted by Crippen LogP contribution is 2.22. The van der Waals surface area contributed by atoms with Gasteiger partial charge in [0.2, 0.25) is 11.8 Å². The first-order valence-electron chi connectivity index (χ1n) is 8.01. The number of carbonyl (C=O) groups excluding carboxylic acids is 2. The van der Waals surface area contributed by atoms with E-state index in [1.807, 2.05) is 9.80 Å². The van der Waals surface area contributed by atoms with Crippen molar-refractivity contribution in [2.75, 3.05) is 32.7 Å². The number of fused-ring (bicyclic) bond motifs is 4. The molecule has 0 spiro atoms. The third-order valence-electron chi connectivity index (χ3n) is 4.88. The number of hydrogen-bond donors (Lipinski definition) is 1. The van der Waals surface area contributed by atoms with Gasteiger partial charge in [0, 0.05) is 45.1 Å². The summed E-state index contributed by atoms with van der Waals surface area (Å²) < 4.78 is 0. The number of rotatable bonds is 4. The molecule has 0 saturated carbocycles. The van der Waals surface area contributed by atoms with Crippen LogP contribution < -0.4 is 5.32 Å². The Hall–Kier alpha value is -1.10. The molecule has 0 aromatic carbocycles. The summed E-state index contributed by atoms with van der Waals surface area (Å²) >= 11 is 0. The van der Waals surface area contributed by atoms with Gasteiger partial charge in [-0.05, 0) is 38.1 Å². The van der Waals surface area contributed by atoms with E-state index in [0.29, 0.717) is 24.8 Å². The lowest BCUT2D eigenvalue weighted by Crippen LogP contribution is -2.40. The van der Waals surface area contributed by atoms with Crippen LogP contribution in [0.25, 0.3) is 0 Å². The van der Waals surface area contributed by atoms with E-state index in [2.05, 4.69) is 5.32 Å². The average molecular weight is 279 g/mol. The Morgan fingerprint density at radius 3 is 2.90 bits per heavy atom. The predicted molar refractivity (Wildman–Crippen MR) is 76.1 cm³/mol. The van der Waals surface area contributed by atoms with Crippen LogP contribution in [0.4, 0.5) is 0 Å². The van der Waals surface area contributed by atoms with Gasteiger partial charge < -0.3 is 15.1 Å². The molecule has 4 rings (SSSR count). The molecule has 5 nitrogen and oxygen atoms in total. The molecule has 4 aliphatic heterocycles. The summed E-state index contributed by atoms with van der Waals surface area (Å²) in [4.78, 5) is 27.8. The Morgan fingerprint density at radius 2 is 2.20 bits per heavy atom. The lowest BCUT2D eigenvalue weighted by atomic mass is 9.97. The number of piperidine rings is 1. The van der Waals surface area contributed by atoms with Crippen molar-refractivity contribution in [2.45, 2.75) is 44.6 Å². The Kier molecular flexibility index (Phi) is 4.24. The van der Waals surface area contributed by atoms with Crippen LogP contribution >= 0.6 is 0 Å². The minimum absolute atomic E-state index is 0.259. The maximum Gasteiger partial charge on any atom is 0.222 e. The number of likely N-dealkylation sites (tertiary alicyclic amines) is 1. The summed E-state index contributed by atoms with van der Waals surface area (Å²) in [7, 11) is 0. The van der Waals surface area contributed by atoms with Crippen molar-refractivity contribution < 1.29 is 9.59 Å². The van der Waals surface area contributed by atoms with Gasteiger partial charge in [-0.25, -0.2) is 0 Å². The highest BCUT2D eigenvalue weighted by atomic mass is 16.2. The van der Waals surface area contributed by atoms with Crippen molar-refractivity contribution in [1.82, 2.24) is 15.1 Å². The fraction of sp³-hybridized carbons (Fsp3) is 0.867. The quantitative estimate of drug-likeness (QED) is 0.820. The smallest absolute Gasteiger partial charge is 0.222 e. The van der Waals surface area contributed by atoms with Gasteiger partial charge in [0.25, 0.3) is 0 Å². The fourth-order valence-electron chi connectivity index (χ4n) is 3.66. The summed E-state index contributed by atoms with van der Waals surface area (Å²) in [5, 5.41) is 3.53. The lowest BCUT2D eigenvalue weighted by Gasteiger charge is -2.23. The highest BCUT2D eigenvalue weighted by Gasteiger charge is 2.31. The van der Waals surface area contributed by atoms with Crippen LogP contribution in [0.1, 0.15) is 38.5 Å². The second-order valence-electron chi connectivity index (χ2n) is 6.44. The van der Waals surface area contributed by atoms with Crippen LogP contribution in [0.15, 0.2) is 0 Å². The van der Waals surface area contributed by atoms with E-state index in [4.69, 9.17) is 0 Å². The first-order valence-corrected chi connectivity index (χ1v) is 8.01. The molecule has 0 unspecified atom stereocenters. The predicted octanol–water partition coefficient (Wildman–Crippen LogP) is 0.599. The van der Waals surface area contributed by atoms with Crippen LogP contribution in [-0.2, 0) is 9.59 Å². The molecule has 2 amide bonds. The first-order chi connectivity index (χ1) is 9.72. The zero-order valence-electron chi connectivity index (χ0n) is 12.1. The van der Waals surface area contributed by atoms with Gasteiger partial charge in [0.15, 0.2) is 0 Å². The standard InChI is InChI=1S/C15H25N3O2/c19-14-3-1-7-17(14)8-2-4-15(20)18-10-12-5-6-13(11-18)16-9-12/h12-13,16H,1-11H2/t12-,13-/m0/s1. The second-order valence-corrected chi connectivity index (χ2v) is 6.44. The first kappa shape index (κ1) is 13.9. The van der Waals surface area contributed by atoms with E-state index >= 15 is 0 Å². The van der Waals surface area contributed by atoms with Gasteiger partial charge in [0.05, 0.1) is 0 Å². The molecular weight excluding hydrogens is 254 g/mol. The topological polar surface area (TPSA) is 52.7 Å². The van der Waals surface area contributed by atoms with E-state index in [0.717, 1.165) is 45.6 Å². The van der Waals surface area contributed by atoms with Crippen LogP contribution in [0, 0.1) is 5.92 Å². The Labute approximate surface area is 120 Å². The van der Waals surface area contributed by atoms with Crippen molar-refractivity contribution in [3.8, 4) is 0 Å². The van der Waals surface area contributed by atoms with Crippen molar-refractivity contribution in [3.05, 3.63) is 0 Å². The van der Waals surface area contributed by atoms with Gasteiger partial charge >= 0.3 is 0 Å². The molecule has 4 heterocycles. The molecule has 4 aliphatic rings. The molecule has 112 valence electrons. The van der Waals surface area contributed by atoms with Gasteiger partial charge in [0.1, 0.15) is 0 Å². The summed E-state index contributed by atoms with van der Waals surface area (Å²) in [6.45, 7) is 4.49. The molecule has 0 aromatic heterocycles. The van der Waals surface area contributed by atoms with E-state index in [-0.39, 0.29) is 11.8 Å². The van der Waals surface area contributed by atoms with Gasteiger partial charge in [-0.3, -0.25) is 9.59 Å². The van der Waals surface area contributed by atoms with Crippen molar-refractivity contribution in [1.29, 1.82) is 0 Å². The molecule has 5 heteroatoms. The van der Waals surface area contributed by atoms with Crippen LogP contribution in [0.2, 0.25) is 0 Å². The monoisotopic (exact) mass is 279 g/mol.